The second-order valence-corrected chi connectivity index (χ2v) is 3.89. The lowest BCUT2D eigenvalue weighted by Gasteiger charge is -2.09. The molecule has 0 amide bonds. The van der Waals surface area contributed by atoms with Gasteiger partial charge in [0.25, 0.3) is 0 Å². The fourth-order valence-electron chi connectivity index (χ4n) is 1.44. The number of alkyl halides is 1. The highest BCUT2D eigenvalue weighted by atomic mass is 79.9. The molecule has 0 atom stereocenters. The van der Waals surface area contributed by atoms with Gasteiger partial charge in [-0.2, -0.15) is 5.26 Å². The normalized spacial score (nSPS) is 9.71. The van der Waals surface area contributed by atoms with Gasteiger partial charge in [-0.25, -0.2) is 0 Å². The molecule has 0 aliphatic heterocycles. The van der Waals surface area contributed by atoms with Gasteiger partial charge in [0.2, 0.25) is 0 Å². The Kier molecular flexibility index (Phi) is 4.98. The summed E-state index contributed by atoms with van der Waals surface area (Å²) in [5, 5.41) is 19.1. The lowest BCUT2D eigenvalue weighted by atomic mass is 10.0. The Hall–Kier alpha value is -1.54. The van der Waals surface area contributed by atoms with Crippen molar-refractivity contribution in [1.29, 1.82) is 5.26 Å². The van der Waals surface area contributed by atoms with Gasteiger partial charge in [0, 0.05) is 16.5 Å². The first-order valence-corrected chi connectivity index (χ1v) is 6.21. The summed E-state index contributed by atoms with van der Waals surface area (Å²) in [4.78, 5) is 11.3. The second-order valence-electron chi connectivity index (χ2n) is 3.33. The number of hydrogen-bond donors (Lipinski definition) is 1. The third kappa shape index (κ3) is 3.21. The van der Waals surface area contributed by atoms with E-state index < -0.39 is 5.97 Å². The molecule has 1 rings (SSSR count). The maximum atomic E-state index is 11.3. The molecule has 5 heteroatoms. The summed E-state index contributed by atoms with van der Waals surface area (Å²) < 4.78 is 4.80. The standard InChI is InChI=1S/C12H12BrNO3/c1-2-17-11(15)5-8-3-4-9(7-14)10(6-13)12(8)16/h3-4,16H,2,5-6H2,1H3. The molecule has 1 N–H and O–H groups in total. The Bertz CT molecular complexity index is 466. The monoisotopic (exact) mass is 297 g/mol. The highest BCUT2D eigenvalue weighted by Gasteiger charge is 2.14. The van der Waals surface area contributed by atoms with Crippen molar-refractivity contribution < 1.29 is 14.6 Å². The Morgan fingerprint density at radius 3 is 2.82 bits per heavy atom. The van der Waals surface area contributed by atoms with Crippen LogP contribution in [0.4, 0.5) is 0 Å². The summed E-state index contributed by atoms with van der Waals surface area (Å²) in [5.41, 5.74) is 1.36. The number of carbonyl (C=O) groups is 1. The smallest absolute Gasteiger partial charge is 0.310 e. The molecule has 0 saturated heterocycles. The van der Waals surface area contributed by atoms with E-state index in [2.05, 4.69) is 15.9 Å². The lowest BCUT2D eigenvalue weighted by molar-refractivity contribution is -0.142. The van der Waals surface area contributed by atoms with Crippen molar-refractivity contribution in [3.63, 3.8) is 0 Å². The van der Waals surface area contributed by atoms with E-state index in [-0.39, 0.29) is 12.2 Å². The van der Waals surface area contributed by atoms with Gasteiger partial charge < -0.3 is 9.84 Å². The zero-order chi connectivity index (χ0) is 12.8. The van der Waals surface area contributed by atoms with Gasteiger partial charge in [-0.05, 0) is 13.0 Å². The molecule has 0 bridgehead atoms. The van der Waals surface area contributed by atoms with Crippen molar-refractivity contribution in [3.05, 3.63) is 28.8 Å². The quantitative estimate of drug-likeness (QED) is 0.684. The molecular formula is C12H12BrNO3. The van der Waals surface area contributed by atoms with Crippen molar-refractivity contribution in [3.8, 4) is 11.8 Å². The number of hydrogen-bond acceptors (Lipinski definition) is 4. The van der Waals surface area contributed by atoms with Crippen molar-refractivity contribution >= 4 is 21.9 Å². The number of nitriles is 1. The fourth-order valence-corrected chi connectivity index (χ4v) is 2.00. The van der Waals surface area contributed by atoms with Crippen LogP contribution in [-0.2, 0) is 21.3 Å². The third-order valence-corrected chi connectivity index (χ3v) is 2.82. The molecule has 0 radical (unpaired) electrons. The summed E-state index contributed by atoms with van der Waals surface area (Å²) in [5.74, 6) is -0.415. The molecule has 90 valence electrons. The molecule has 0 aliphatic rings. The predicted octanol–water partition coefficient (Wildman–Crippen LogP) is 2.26. The van der Waals surface area contributed by atoms with E-state index in [1.165, 1.54) is 0 Å². The average molecular weight is 298 g/mol. The Morgan fingerprint density at radius 2 is 2.29 bits per heavy atom. The lowest BCUT2D eigenvalue weighted by Crippen LogP contribution is -2.08. The zero-order valence-corrected chi connectivity index (χ0v) is 11.0. The Labute approximate surface area is 108 Å². The van der Waals surface area contributed by atoms with E-state index in [9.17, 15) is 9.90 Å². The number of carbonyl (C=O) groups excluding carboxylic acids is 1. The first kappa shape index (κ1) is 13.5. The van der Waals surface area contributed by atoms with E-state index in [0.29, 0.717) is 28.6 Å². The summed E-state index contributed by atoms with van der Waals surface area (Å²) in [7, 11) is 0. The van der Waals surface area contributed by atoms with Gasteiger partial charge in [-0.3, -0.25) is 4.79 Å². The maximum absolute atomic E-state index is 11.3. The number of nitrogens with zero attached hydrogens (tertiary/aromatic N) is 1. The number of halogens is 1. The van der Waals surface area contributed by atoms with Crippen LogP contribution in [0.3, 0.4) is 0 Å². The summed E-state index contributed by atoms with van der Waals surface area (Å²) in [6.45, 7) is 2.03. The largest absolute Gasteiger partial charge is 0.507 e. The number of benzene rings is 1. The summed E-state index contributed by atoms with van der Waals surface area (Å²) in [6, 6.07) is 5.14. The van der Waals surface area contributed by atoms with Crippen LogP contribution in [-0.4, -0.2) is 17.7 Å². The molecule has 1 aromatic carbocycles. The zero-order valence-electron chi connectivity index (χ0n) is 9.36. The third-order valence-electron chi connectivity index (χ3n) is 2.26. The molecule has 0 spiro atoms. The minimum atomic E-state index is -0.395. The molecular weight excluding hydrogens is 286 g/mol. The molecule has 0 unspecified atom stereocenters. The van der Waals surface area contributed by atoms with Crippen molar-refractivity contribution in [2.75, 3.05) is 6.61 Å². The highest BCUT2D eigenvalue weighted by Crippen LogP contribution is 2.28. The van der Waals surface area contributed by atoms with Crippen LogP contribution in [0.25, 0.3) is 0 Å². The molecule has 0 aromatic heterocycles. The molecule has 0 fully saturated rings. The number of esters is 1. The number of ether oxygens (including phenoxy) is 1. The molecule has 4 nitrogen and oxygen atoms in total. The van der Waals surface area contributed by atoms with Gasteiger partial charge in [-0.1, -0.05) is 22.0 Å². The number of phenolic OH excluding ortho intramolecular Hbond substituents is 1. The highest BCUT2D eigenvalue weighted by molar-refractivity contribution is 9.08. The van der Waals surface area contributed by atoms with E-state index in [1.807, 2.05) is 6.07 Å². The van der Waals surface area contributed by atoms with E-state index in [4.69, 9.17) is 10.00 Å². The van der Waals surface area contributed by atoms with Crippen LogP contribution in [0.2, 0.25) is 0 Å². The van der Waals surface area contributed by atoms with Gasteiger partial charge in [-0.15, -0.1) is 0 Å². The van der Waals surface area contributed by atoms with Crippen molar-refractivity contribution in [2.24, 2.45) is 0 Å². The van der Waals surface area contributed by atoms with Crippen molar-refractivity contribution in [1.82, 2.24) is 0 Å². The van der Waals surface area contributed by atoms with E-state index in [0.717, 1.165) is 0 Å². The van der Waals surface area contributed by atoms with Gasteiger partial charge >= 0.3 is 5.97 Å². The maximum Gasteiger partial charge on any atom is 0.310 e. The number of rotatable bonds is 4. The van der Waals surface area contributed by atoms with Gasteiger partial charge in [0.05, 0.1) is 24.7 Å². The Balaban J connectivity index is 3.03. The molecule has 1 aromatic rings. The fraction of sp³-hybridized carbons (Fsp3) is 0.333. The number of aromatic hydroxyl groups is 1. The second kappa shape index (κ2) is 6.26. The van der Waals surface area contributed by atoms with E-state index in [1.54, 1.807) is 19.1 Å². The minimum Gasteiger partial charge on any atom is -0.507 e. The topological polar surface area (TPSA) is 70.3 Å². The minimum absolute atomic E-state index is 0.00534. The summed E-state index contributed by atoms with van der Waals surface area (Å²) >= 11 is 3.20. The summed E-state index contributed by atoms with van der Waals surface area (Å²) in [6.07, 6.45) is 0.00534. The molecule has 0 aliphatic carbocycles. The van der Waals surface area contributed by atoms with Crippen LogP contribution < -0.4 is 0 Å². The van der Waals surface area contributed by atoms with Crippen LogP contribution in [0.5, 0.6) is 5.75 Å². The molecule has 17 heavy (non-hydrogen) atoms. The van der Waals surface area contributed by atoms with Crippen molar-refractivity contribution in [2.45, 2.75) is 18.7 Å². The Morgan fingerprint density at radius 1 is 1.59 bits per heavy atom. The molecule has 0 saturated carbocycles. The molecule has 0 heterocycles. The van der Waals surface area contributed by atoms with E-state index >= 15 is 0 Å². The van der Waals surface area contributed by atoms with Crippen LogP contribution in [0, 0.1) is 11.3 Å². The number of phenols is 1. The van der Waals surface area contributed by atoms with Gasteiger partial charge in [0.1, 0.15) is 5.75 Å². The average Bonchev–Trinajstić information content (AvgIpc) is 2.31. The SMILES string of the molecule is CCOC(=O)Cc1ccc(C#N)c(CBr)c1O. The first-order chi connectivity index (χ1) is 8.13. The van der Waals surface area contributed by atoms with Gasteiger partial charge in [0.15, 0.2) is 0 Å². The first-order valence-electron chi connectivity index (χ1n) is 5.09. The van der Waals surface area contributed by atoms with Crippen LogP contribution in [0.15, 0.2) is 12.1 Å². The van der Waals surface area contributed by atoms with Crippen LogP contribution in [0.1, 0.15) is 23.6 Å². The van der Waals surface area contributed by atoms with Crippen LogP contribution >= 0.6 is 15.9 Å². The predicted molar refractivity (Wildman–Crippen MR) is 65.8 cm³/mol.